The minimum Gasteiger partial charge on any atom is -0.310 e. The molecule has 1 fully saturated rings. The summed E-state index contributed by atoms with van der Waals surface area (Å²) in [5.41, 5.74) is 3.97. The largest absolute Gasteiger partial charge is 0.310 e. The van der Waals surface area contributed by atoms with Crippen LogP contribution in [0.15, 0.2) is 30.3 Å². The molecule has 0 radical (unpaired) electrons. The van der Waals surface area contributed by atoms with E-state index in [0.717, 1.165) is 16.9 Å². The second-order valence-electron chi connectivity index (χ2n) is 4.91. The van der Waals surface area contributed by atoms with Gasteiger partial charge >= 0.3 is 0 Å². The molecule has 18 heavy (non-hydrogen) atoms. The molecule has 1 aliphatic carbocycles. The van der Waals surface area contributed by atoms with Crippen LogP contribution in [-0.4, -0.2) is 6.04 Å². The van der Waals surface area contributed by atoms with Crippen molar-refractivity contribution in [3.63, 3.8) is 0 Å². The molecule has 0 amide bonds. The third-order valence-electron chi connectivity index (χ3n) is 3.31. The van der Waals surface area contributed by atoms with Gasteiger partial charge in [0.2, 0.25) is 0 Å². The van der Waals surface area contributed by atoms with Crippen molar-refractivity contribution < 1.29 is 0 Å². The highest BCUT2D eigenvalue weighted by molar-refractivity contribution is 7.19. The summed E-state index contributed by atoms with van der Waals surface area (Å²) in [6.45, 7) is 3.12. The van der Waals surface area contributed by atoms with Gasteiger partial charge < -0.3 is 5.32 Å². The number of hydrogen-bond donors (Lipinski definition) is 1. The highest BCUT2D eigenvalue weighted by Crippen LogP contribution is 2.33. The lowest BCUT2D eigenvalue weighted by Crippen LogP contribution is -2.15. The summed E-state index contributed by atoms with van der Waals surface area (Å²) in [7, 11) is 0. The van der Waals surface area contributed by atoms with E-state index >= 15 is 0 Å². The van der Waals surface area contributed by atoms with Crippen molar-refractivity contribution in [3.05, 3.63) is 45.8 Å². The third kappa shape index (κ3) is 2.77. The number of hydrogen-bond acceptors (Lipinski definition) is 2. The molecule has 2 aromatic rings. The van der Waals surface area contributed by atoms with E-state index in [1.165, 1.54) is 34.4 Å². The smallest absolute Gasteiger partial charge is 0.0934 e. The summed E-state index contributed by atoms with van der Waals surface area (Å²) in [4.78, 5) is 1.26. The van der Waals surface area contributed by atoms with E-state index in [4.69, 9.17) is 11.6 Å². The minimum atomic E-state index is 0.755. The molecule has 0 unspecified atom stereocenters. The van der Waals surface area contributed by atoms with Gasteiger partial charge in [-0.3, -0.25) is 0 Å². The van der Waals surface area contributed by atoms with Crippen LogP contribution in [0.3, 0.4) is 0 Å². The molecule has 1 aliphatic rings. The Kier molecular flexibility index (Phi) is 3.42. The standard InChI is InChI=1S/C15H16ClNS/c1-10-2-3-11(9-17-12-4-5-12)8-13(10)14-6-7-15(16)18-14/h2-3,6-8,12,17H,4-5,9H2,1H3. The Hall–Kier alpha value is -0.830. The van der Waals surface area contributed by atoms with Crippen LogP contribution in [0.5, 0.6) is 0 Å². The zero-order valence-electron chi connectivity index (χ0n) is 10.4. The summed E-state index contributed by atoms with van der Waals surface area (Å²) < 4.78 is 0.853. The Morgan fingerprint density at radius 2 is 2.11 bits per heavy atom. The van der Waals surface area contributed by atoms with Gasteiger partial charge in [0.1, 0.15) is 0 Å². The topological polar surface area (TPSA) is 12.0 Å². The number of thiophene rings is 1. The van der Waals surface area contributed by atoms with Gasteiger partial charge in [-0.2, -0.15) is 0 Å². The van der Waals surface area contributed by atoms with Crippen LogP contribution in [0.1, 0.15) is 24.0 Å². The fourth-order valence-corrected chi connectivity index (χ4v) is 3.18. The lowest BCUT2D eigenvalue weighted by Gasteiger charge is -2.08. The molecule has 94 valence electrons. The Balaban J connectivity index is 1.85. The maximum absolute atomic E-state index is 6.02. The maximum Gasteiger partial charge on any atom is 0.0934 e. The van der Waals surface area contributed by atoms with Crippen LogP contribution < -0.4 is 5.32 Å². The summed E-state index contributed by atoms with van der Waals surface area (Å²) in [5, 5.41) is 3.55. The Bertz CT molecular complexity index is 557. The van der Waals surface area contributed by atoms with Crippen LogP contribution in [0, 0.1) is 6.92 Å². The van der Waals surface area contributed by atoms with Crippen LogP contribution in [-0.2, 0) is 6.54 Å². The molecule has 1 saturated carbocycles. The molecular weight excluding hydrogens is 262 g/mol. The van der Waals surface area contributed by atoms with Crippen molar-refractivity contribution in [2.75, 3.05) is 0 Å². The quantitative estimate of drug-likeness (QED) is 0.859. The number of aryl methyl sites for hydroxylation is 1. The number of halogens is 1. The summed E-state index contributed by atoms with van der Waals surface area (Å²) in [5.74, 6) is 0. The van der Waals surface area contributed by atoms with Crippen LogP contribution >= 0.6 is 22.9 Å². The molecule has 3 rings (SSSR count). The first kappa shape index (κ1) is 12.2. The molecule has 1 aromatic heterocycles. The zero-order chi connectivity index (χ0) is 12.5. The van der Waals surface area contributed by atoms with Crippen molar-refractivity contribution in [3.8, 4) is 10.4 Å². The van der Waals surface area contributed by atoms with E-state index in [9.17, 15) is 0 Å². The van der Waals surface area contributed by atoms with Gasteiger partial charge in [-0.05, 0) is 54.7 Å². The third-order valence-corrected chi connectivity index (χ3v) is 4.58. The van der Waals surface area contributed by atoms with Crippen LogP contribution in [0.4, 0.5) is 0 Å². The van der Waals surface area contributed by atoms with Gasteiger partial charge in [-0.15, -0.1) is 11.3 Å². The number of rotatable bonds is 4. The lowest BCUT2D eigenvalue weighted by atomic mass is 10.0. The first-order valence-electron chi connectivity index (χ1n) is 6.31. The summed E-state index contributed by atoms with van der Waals surface area (Å²) >= 11 is 7.67. The predicted molar refractivity (Wildman–Crippen MR) is 79.4 cm³/mol. The van der Waals surface area contributed by atoms with Gasteiger partial charge in [0.25, 0.3) is 0 Å². The highest BCUT2D eigenvalue weighted by atomic mass is 35.5. The first-order valence-corrected chi connectivity index (χ1v) is 7.50. The first-order chi connectivity index (χ1) is 8.72. The minimum absolute atomic E-state index is 0.755. The Morgan fingerprint density at radius 1 is 1.28 bits per heavy atom. The predicted octanol–water partition coefficient (Wildman–Crippen LogP) is 4.63. The van der Waals surface area contributed by atoms with Crippen molar-refractivity contribution >= 4 is 22.9 Å². The molecule has 1 N–H and O–H groups in total. The normalized spacial score (nSPS) is 15.0. The van der Waals surface area contributed by atoms with E-state index in [0.29, 0.717) is 0 Å². The highest BCUT2D eigenvalue weighted by Gasteiger charge is 2.20. The Morgan fingerprint density at radius 3 is 2.78 bits per heavy atom. The van der Waals surface area contributed by atoms with E-state index < -0.39 is 0 Å². The van der Waals surface area contributed by atoms with Gasteiger partial charge in [0, 0.05) is 17.5 Å². The van der Waals surface area contributed by atoms with Crippen molar-refractivity contribution in [2.24, 2.45) is 0 Å². The molecule has 0 bridgehead atoms. The van der Waals surface area contributed by atoms with Gasteiger partial charge in [0.05, 0.1) is 4.34 Å². The second-order valence-corrected chi connectivity index (χ2v) is 6.62. The lowest BCUT2D eigenvalue weighted by molar-refractivity contribution is 0.688. The van der Waals surface area contributed by atoms with E-state index in [-0.39, 0.29) is 0 Å². The van der Waals surface area contributed by atoms with Crippen LogP contribution in [0.2, 0.25) is 4.34 Å². The van der Waals surface area contributed by atoms with E-state index in [1.54, 1.807) is 11.3 Å². The average molecular weight is 278 g/mol. The van der Waals surface area contributed by atoms with Gasteiger partial charge in [0.15, 0.2) is 0 Å². The fraction of sp³-hybridized carbons (Fsp3) is 0.333. The molecule has 1 aromatic carbocycles. The molecule has 1 heterocycles. The van der Waals surface area contributed by atoms with Crippen LogP contribution in [0.25, 0.3) is 10.4 Å². The fourth-order valence-electron chi connectivity index (χ4n) is 2.05. The molecule has 0 saturated heterocycles. The van der Waals surface area contributed by atoms with Gasteiger partial charge in [-0.1, -0.05) is 23.7 Å². The Labute approximate surface area is 117 Å². The van der Waals surface area contributed by atoms with Crippen molar-refractivity contribution in [2.45, 2.75) is 32.4 Å². The number of benzene rings is 1. The van der Waals surface area contributed by atoms with E-state index in [1.807, 2.05) is 6.07 Å². The van der Waals surface area contributed by atoms with Crippen molar-refractivity contribution in [1.82, 2.24) is 5.32 Å². The molecule has 0 spiro atoms. The summed E-state index contributed by atoms with van der Waals surface area (Å²) in [6.07, 6.45) is 2.67. The molecular formula is C15H16ClNS. The molecule has 3 heteroatoms. The molecule has 0 aliphatic heterocycles. The van der Waals surface area contributed by atoms with Gasteiger partial charge in [-0.25, -0.2) is 0 Å². The number of nitrogens with one attached hydrogen (secondary N) is 1. The summed E-state index contributed by atoms with van der Waals surface area (Å²) in [6, 6.07) is 11.5. The zero-order valence-corrected chi connectivity index (χ0v) is 11.9. The monoisotopic (exact) mass is 277 g/mol. The maximum atomic E-state index is 6.02. The SMILES string of the molecule is Cc1ccc(CNC2CC2)cc1-c1ccc(Cl)s1. The molecule has 1 nitrogen and oxygen atoms in total. The van der Waals surface area contributed by atoms with Crippen molar-refractivity contribution in [1.29, 1.82) is 0 Å². The second kappa shape index (κ2) is 5.04. The molecule has 0 atom stereocenters. The van der Waals surface area contributed by atoms with E-state index in [2.05, 4.69) is 36.5 Å². The average Bonchev–Trinajstić information content (AvgIpc) is 3.10.